The molecule has 0 saturated carbocycles. The van der Waals surface area contributed by atoms with E-state index in [1.54, 1.807) is 13.0 Å². The first kappa shape index (κ1) is 17.8. The summed E-state index contributed by atoms with van der Waals surface area (Å²) < 4.78 is 42.1. The van der Waals surface area contributed by atoms with E-state index in [2.05, 4.69) is 11.9 Å². The summed E-state index contributed by atoms with van der Waals surface area (Å²) in [6.07, 6.45) is -4.69. The number of hydrogen-bond donors (Lipinski definition) is 2. The van der Waals surface area contributed by atoms with Gasteiger partial charge in [-0.15, -0.1) is 0 Å². The van der Waals surface area contributed by atoms with Crippen LogP contribution in [-0.2, 0) is 16.0 Å². The van der Waals surface area contributed by atoms with Gasteiger partial charge in [-0.25, -0.2) is 4.79 Å². The highest BCUT2D eigenvalue weighted by Crippen LogP contribution is 2.35. The van der Waals surface area contributed by atoms with Crippen molar-refractivity contribution in [1.29, 1.82) is 0 Å². The Labute approximate surface area is 136 Å². The summed E-state index contributed by atoms with van der Waals surface area (Å²) in [5.74, 6) is -2.02. The van der Waals surface area contributed by atoms with Crippen molar-refractivity contribution in [1.82, 2.24) is 5.32 Å². The van der Waals surface area contributed by atoms with Crippen molar-refractivity contribution in [3.05, 3.63) is 35.9 Å². The maximum atomic E-state index is 12.4. The van der Waals surface area contributed by atoms with Crippen molar-refractivity contribution in [2.24, 2.45) is 0 Å². The van der Waals surface area contributed by atoms with Gasteiger partial charge in [0.15, 0.2) is 0 Å². The number of carbonyl (C=O) groups is 2. The van der Waals surface area contributed by atoms with Crippen LogP contribution in [0, 0.1) is 0 Å². The molecule has 5 nitrogen and oxygen atoms in total. The summed E-state index contributed by atoms with van der Waals surface area (Å²) in [5.41, 5.74) is 1.85. The van der Waals surface area contributed by atoms with Crippen LogP contribution in [0.5, 0.6) is 0 Å². The molecule has 0 saturated heterocycles. The first-order valence-electron chi connectivity index (χ1n) is 7.36. The van der Waals surface area contributed by atoms with Gasteiger partial charge < -0.3 is 15.4 Å². The van der Waals surface area contributed by atoms with Gasteiger partial charge in [-0.1, -0.05) is 18.7 Å². The van der Waals surface area contributed by atoms with Gasteiger partial charge >= 0.3 is 18.2 Å². The van der Waals surface area contributed by atoms with Gasteiger partial charge in [0.25, 0.3) is 0 Å². The third kappa shape index (κ3) is 3.87. The molecule has 1 atom stereocenters. The van der Waals surface area contributed by atoms with E-state index in [9.17, 15) is 22.8 Å². The Morgan fingerprint density at radius 2 is 2.08 bits per heavy atom. The van der Waals surface area contributed by atoms with Crippen LogP contribution in [0.1, 0.15) is 24.5 Å². The van der Waals surface area contributed by atoms with Crippen molar-refractivity contribution in [2.75, 3.05) is 11.9 Å². The minimum atomic E-state index is -4.96. The number of amides is 2. The van der Waals surface area contributed by atoms with Crippen LogP contribution in [0.2, 0.25) is 0 Å². The molecule has 2 amide bonds. The molecule has 8 heteroatoms. The van der Waals surface area contributed by atoms with Gasteiger partial charge in [0, 0.05) is 5.69 Å². The number of rotatable bonds is 3. The van der Waals surface area contributed by atoms with Crippen molar-refractivity contribution >= 4 is 23.3 Å². The molecular formula is C16H17F3N2O3. The molecule has 1 aliphatic carbocycles. The maximum Gasteiger partial charge on any atom is 0.471 e. The van der Waals surface area contributed by atoms with Crippen LogP contribution in [0.15, 0.2) is 24.8 Å². The average Bonchev–Trinajstić information content (AvgIpc) is 2.50. The first-order valence-corrected chi connectivity index (χ1v) is 7.36. The predicted octanol–water partition coefficient (Wildman–Crippen LogP) is 3.26. The van der Waals surface area contributed by atoms with Gasteiger partial charge in [-0.2, -0.15) is 13.2 Å². The van der Waals surface area contributed by atoms with E-state index in [-0.39, 0.29) is 18.3 Å². The van der Waals surface area contributed by atoms with Gasteiger partial charge in [0.05, 0.1) is 12.6 Å². The Hall–Kier alpha value is -2.51. The summed E-state index contributed by atoms with van der Waals surface area (Å²) in [7, 11) is 0. The molecule has 1 aliphatic rings. The Bertz CT molecular complexity index is 671. The Kier molecular flexibility index (Phi) is 5.16. The van der Waals surface area contributed by atoms with Gasteiger partial charge in [0.2, 0.25) is 0 Å². The van der Waals surface area contributed by atoms with Crippen molar-refractivity contribution in [2.45, 2.75) is 32.0 Å². The molecule has 0 aromatic heterocycles. The third-order valence-corrected chi connectivity index (χ3v) is 3.70. The highest BCUT2D eigenvalue weighted by molar-refractivity contribution is 5.96. The van der Waals surface area contributed by atoms with E-state index in [0.29, 0.717) is 29.5 Å². The zero-order chi connectivity index (χ0) is 17.9. The second kappa shape index (κ2) is 6.94. The molecule has 0 heterocycles. The van der Waals surface area contributed by atoms with E-state index < -0.39 is 18.2 Å². The fourth-order valence-electron chi connectivity index (χ4n) is 2.59. The molecule has 2 N–H and O–H groups in total. The largest absolute Gasteiger partial charge is 0.471 e. The average molecular weight is 342 g/mol. The summed E-state index contributed by atoms with van der Waals surface area (Å²) in [6, 6.07) is 4.27. The molecule has 0 spiro atoms. The summed E-state index contributed by atoms with van der Waals surface area (Å²) in [6.45, 7) is 5.83. The predicted molar refractivity (Wildman–Crippen MR) is 82.4 cm³/mol. The number of alkyl carbamates (subject to hydrolysis) is 1. The lowest BCUT2D eigenvalue weighted by Crippen LogP contribution is -2.38. The quantitative estimate of drug-likeness (QED) is 0.886. The number of fused-ring (bicyclic) bond motifs is 1. The minimum absolute atomic E-state index is 0.102. The van der Waals surface area contributed by atoms with Crippen LogP contribution in [-0.4, -0.2) is 30.8 Å². The first-order chi connectivity index (χ1) is 11.2. The van der Waals surface area contributed by atoms with E-state index >= 15 is 0 Å². The summed E-state index contributed by atoms with van der Waals surface area (Å²) in [5, 5.41) is 4.56. The molecule has 0 unspecified atom stereocenters. The van der Waals surface area contributed by atoms with E-state index in [4.69, 9.17) is 4.74 Å². The molecular weight excluding hydrogens is 325 g/mol. The fourth-order valence-corrected chi connectivity index (χ4v) is 2.59. The summed E-state index contributed by atoms with van der Waals surface area (Å²) >= 11 is 0. The number of hydrogen-bond acceptors (Lipinski definition) is 3. The number of halogens is 3. The van der Waals surface area contributed by atoms with E-state index in [1.165, 1.54) is 12.1 Å². The van der Waals surface area contributed by atoms with Crippen LogP contribution in [0.3, 0.4) is 0 Å². The lowest BCUT2D eigenvalue weighted by atomic mass is 9.84. The molecule has 0 bridgehead atoms. The Balaban J connectivity index is 2.21. The molecule has 0 fully saturated rings. The van der Waals surface area contributed by atoms with Crippen LogP contribution < -0.4 is 10.6 Å². The van der Waals surface area contributed by atoms with Crippen molar-refractivity contribution in [3.63, 3.8) is 0 Å². The highest BCUT2D eigenvalue weighted by atomic mass is 19.4. The number of benzene rings is 1. The number of alkyl halides is 3. The van der Waals surface area contributed by atoms with Gasteiger partial charge in [-0.05, 0) is 42.5 Å². The molecule has 2 rings (SSSR count). The van der Waals surface area contributed by atoms with E-state index in [0.717, 1.165) is 0 Å². The Morgan fingerprint density at radius 3 is 2.71 bits per heavy atom. The molecule has 130 valence electrons. The highest BCUT2D eigenvalue weighted by Gasteiger charge is 2.39. The fraction of sp³-hybridized carbons (Fsp3) is 0.375. The normalized spacial score (nSPS) is 17.0. The zero-order valence-electron chi connectivity index (χ0n) is 13.0. The monoisotopic (exact) mass is 342 g/mol. The number of nitrogens with one attached hydrogen (secondary N) is 2. The van der Waals surface area contributed by atoms with Crippen molar-refractivity contribution in [3.8, 4) is 0 Å². The standard InChI is InChI=1S/C16H17F3N2O3/c1-3-24-15(23)21-12-8-7-11-10(9(12)2)5-4-6-13(11)20-14(22)16(17,18)19/h4-6,12H,2-3,7-8H2,1H3,(H,20,22)(H,21,23)/t12-/m0/s1. The Morgan fingerprint density at radius 1 is 1.38 bits per heavy atom. The third-order valence-electron chi connectivity index (χ3n) is 3.70. The smallest absolute Gasteiger partial charge is 0.450 e. The van der Waals surface area contributed by atoms with E-state index in [1.807, 2.05) is 5.32 Å². The molecule has 0 radical (unpaired) electrons. The lowest BCUT2D eigenvalue weighted by Gasteiger charge is -2.29. The van der Waals surface area contributed by atoms with Crippen LogP contribution in [0.4, 0.5) is 23.7 Å². The molecule has 24 heavy (non-hydrogen) atoms. The maximum absolute atomic E-state index is 12.4. The molecule has 1 aromatic carbocycles. The van der Waals surface area contributed by atoms with Crippen molar-refractivity contribution < 1.29 is 27.5 Å². The molecule has 0 aliphatic heterocycles. The zero-order valence-corrected chi connectivity index (χ0v) is 13.0. The second-order valence-electron chi connectivity index (χ2n) is 5.26. The SMILES string of the molecule is C=C1c2cccc(NC(=O)C(F)(F)F)c2CC[C@@H]1NC(=O)OCC. The second-order valence-corrected chi connectivity index (χ2v) is 5.26. The van der Waals surface area contributed by atoms with Crippen LogP contribution >= 0.6 is 0 Å². The minimum Gasteiger partial charge on any atom is -0.450 e. The number of carbonyl (C=O) groups excluding carboxylic acids is 2. The van der Waals surface area contributed by atoms with Gasteiger partial charge in [-0.3, -0.25) is 4.79 Å². The summed E-state index contributed by atoms with van der Waals surface area (Å²) in [4.78, 5) is 22.7. The van der Waals surface area contributed by atoms with Crippen LogP contribution in [0.25, 0.3) is 5.57 Å². The lowest BCUT2D eigenvalue weighted by molar-refractivity contribution is -0.167. The molecule has 1 aromatic rings. The number of ether oxygens (including phenoxy) is 1. The van der Waals surface area contributed by atoms with Gasteiger partial charge in [0.1, 0.15) is 0 Å². The number of anilines is 1. The topological polar surface area (TPSA) is 67.4 Å².